The average Bonchev–Trinajstić information content (AvgIpc) is 2.76. The van der Waals surface area contributed by atoms with Crippen molar-refractivity contribution in [3.05, 3.63) is 0 Å². The molecular formula is C28H58O2Sn. The standard InChI is InChI=1S/C12H24O2.2C8H17.Sn/c1-2-3-4-5-6-7-8-9-10-11-12(13)14;2*1-3-5-7-8-6-4-2;/h2-11H2,1H3,(H,13,14);2*1,3-8H2,2H3;. The third kappa shape index (κ3) is 37.9. The molecule has 1 N–H and O–H groups in total. The summed E-state index contributed by atoms with van der Waals surface area (Å²) < 4.78 is 3.31. The van der Waals surface area contributed by atoms with Gasteiger partial charge in [-0.15, -0.1) is 0 Å². The van der Waals surface area contributed by atoms with Gasteiger partial charge in [0.25, 0.3) is 0 Å². The fourth-order valence-corrected chi connectivity index (χ4v) is 7.34. The van der Waals surface area contributed by atoms with Crippen LogP contribution in [0.25, 0.3) is 0 Å². The zero-order valence-corrected chi connectivity index (χ0v) is 24.7. The predicted molar refractivity (Wildman–Crippen MR) is 142 cm³/mol. The van der Waals surface area contributed by atoms with Gasteiger partial charge >= 0.3 is 127 Å². The molecule has 2 nitrogen and oxygen atoms in total. The van der Waals surface area contributed by atoms with E-state index >= 15 is 0 Å². The first-order valence-electron chi connectivity index (χ1n) is 14.1. The van der Waals surface area contributed by atoms with E-state index in [2.05, 4.69) is 20.8 Å². The van der Waals surface area contributed by atoms with Gasteiger partial charge in [0.1, 0.15) is 0 Å². The molecule has 0 unspecified atom stereocenters. The maximum atomic E-state index is 10.2. The molecule has 0 aliphatic rings. The monoisotopic (exact) mass is 546 g/mol. The van der Waals surface area contributed by atoms with Gasteiger partial charge in [-0.3, -0.25) is 4.79 Å². The average molecular weight is 545 g/mol. The van der Waals surface area contributed by atoms with Crippen LogP contribution < -0.4 is 0 Å². The molecule has 0 spiro atoms. The van der Waals surface area contributed by atoms with E-state index in [1.165, 1.54) is 109 Å². The fourth-order valence-electron chi connectivity index (χ4n) is 3.77. The van der Waals surface area contributed by atoms with Gasteiger partial charge in [-0.2, -0.15) is 0 Å². The zero-order valence-electron chi connectivity index (χ0n) is 21.8. The van der Waals surface area contributed by atoms with Gasteiger partial charge in [0.15, 0.2) is 0 Å². The summed E-state index contributed by atoms with van der Waals surface area (Å²) in [6, 6.07) is 0. The van der Waals surface area contributed by atoms with E-state index in [0.717, 1.165) is 12.8 Å². The zero-order chi connectivity index (χ0) is 23.3. The quantitative estimate of drug-likeness (QED) is 0.0968. The van der Waals surface area contributed by atoms with Gasteiger partial charge in [0.2, 0.25) is 0 Å². The Morgan fingerprint density at radius 1 is 0.484 bits per heavy atom. The molecule has 0 rings (SSSR count). The topological polar surface area (TPSA) is 37.3 Å². The number of carbonyl (C=O) groups is 1. The second kappa shape index (κ2) is 32.4. The summed E-state index contributed by atoms with van der Waals surface area (Å²) in [7, 11) is 0. The van der Waals surface area contributed by atoms with Gasteiger partial charge in [0.05, 0.1) is 0 Å². The van der Waals surface area contributed by atoms with Crippen LogP contribution in [-0.2, 0) is 4.79 Å². The van der Waals surface area contributed by atoms with Gasteiger partial charge in [-0.25, -0.2) is 0 Å². The third-order valence-corrected chi connectivity index (χ3v) is 9.94. The molecule has 0 aliphatic carbocycles. The van der Waals surface area contributed by atoms with Crippen molar-refractivity contribution in [1.82, 2.24) is 0 Å². The molecule has 0 aliphatic heterocycles. The van der Waals surface area contributed by atoms with Crippen molar-refractivity contribution in [3.63, 3.8) is 0 Å². The Morgan fingerprint density at radius 2 is 0.774 bits per heavy atom. The molecule has 0 saturated carbocycles. The molecule has 0 bridgehead atoms. The number of hydrogen-bond donors (Lipinski definition) is 1. The summed E-state index contributed by atoms with van der Waals surface area (Å²) in [5.74, 6) is -0.659. The van der Waals surface area contributed by atoms with Crippen LogP contribution >= 0.6 is 0 Å². The van der Waals surface area contributed by atoms with E-state index in [9.17, 15) is 4.79 Å². The molecule has 0 aromatic carbocycles. The summed E-state index contributed by atoms with van der Waals surface area (Å²) >= 11 is 0.0736. The van der Waals surface area contributed by atoms with Gasteiger partial charge in [-0.05, 0) is 6.42 Å². The third-order valence-electron chi connectivity index (χ3n) is 5.91. The van der Waals surface area contributed by atoms with Crippen LogP contribution in [0.5, 0.6) is 0 Å². The first-order chi connectivity index (χ1) is 15.2. The Labute approximate surface area is 207 Å². The molecule has 0 aromatic heterocycles. The second-order valence-electron chi connectivity index (χ2n) is 9.26. The Balaban J connectivity index is 0. The minimum atomic E-state index is -0.659. The molecule has 0 heterocycles. The van der Waals surface area contributed by atoms with Crippen LogP contribution in [0, 0.1) is 0 Å². The van der Waals surface area contributed by atoms with Crippen molar-refractivity contribution >= 4 is 27.1 Å². The first-order valence-corrected chi connectivity index (χ1v) is 18.1. The Morgan fingerprint density at radius 3 is 1.10 bits per heavy atom. The van der Waals surface area contributed by atoms with Crippen molar-refractivity contribution in [2.45, 2.75) is 171 Å². The molecule has 31 heavy (non-hydrogen) atoms. The molecule has 186 valence electrons. The van der Waals surface area contributed by atoms with Crippen LogP contribution in [0.3, 0.4) is 0 Å². The Bertz CT molecular complexity index is 306. The number of hydrogen-bond acceptors (Lipinski definition) is 1. The van der Waals surface area contributed by atoms with Crippen LogP contribution in [0.15, 0.2) is 0 Å². The fraction of sp³-hybridized carbons (Fsp3) is 0.964. The molecule has 0 aromatic rings. The summed E-state index contributed by atoms with van der Waals surface area (Å²) in [6.45, 7) is 6.83. The van der Waals surface area contributed by atoms with Gasteiger partial charge in [0, 0.05) is 6.42 Å². The van der Waals surface area contributed by atoms with Crippen molar-refractivity contribution in [1.29, 1.82) is 0 Å². The first kappa shape index (κ1) is 33.4. The summed E-state index contributed by atoms with van der Waals surface area (Å²) in [6.07, 6.45) is 29.3. The SMILES string of the molecule is CCCCCCCCCCCC(=O)O.CCCCCCC[CH2][Sn][CH2]CCCCCCC. The van der Waals surface area contributed by atoms with Crippen molar-refractivity contribution in [2.75, 3.05) is 0 Å². The molecule has 0 atom stereocenters. The normalized spacial score (nSPS) is 10.7. The number of carboxylic acids is 1. The number of carboxylic acid groups (broad SMARTS) is 1. The van der Waals surface area contributed by atoms with E-state index in [1.54, 1.807) is 21.7 Å². The van der Waals surface area contributed by atoms with Gasteiger partial charge in [-0.1, -0.05) is 58.3 Å². The van der Waals surface area contributed by atoms with Crippen LogP contribution in [0.2, 0.25) is 8.87 Å². The van der Waals surface area contributed by atoms with E-state index in [4.69, 9.17) is 5.11 Å². The summed E-state index contributed by atoms with van der Waals surface area (Å²) in [4.78, 5) is 10.2. The number of rotatable bonds is 24. The van der Waals surface area contributed by atoms with E-state index in [0.29, 0.717) is 6.42 Å². The Kier molecular flexibility index (Phi) is 35.0. The maximum absolute atomic E-state index is 10.2. The number of aliphatic carboxylic acids is 1. The molecule has 0 fully saturated rings. The van der Waals surface area contributed by atoms with Gasteiger partial charge < -0.3 is 5.11 Å². The minimum absolute atomic E-state index is 0.0736. The van der Waals surface area contributed by atoms with Crippen molar-refractivity contribution in [3.8, 4) is 0 Å². The Hall–Kier alpha value is 0.269. The van der Waals surface area contributed by atoms with E-state index < -0.39 is 5.97 Å². The molecule has 0 amide bonds. The van der Waals surface area contributed by atoms with Crippen molar-refractivity contribution in [2.24, 2.45) is 0 Å². The van der Waals surface area contributed by atoms with Crippen LogP contribution in [0.4, 0.5) is 0 Å². The van der Waals surface area contributed by atoms with Crippen LogP contribution in [0.1, 0.15) is 162 Å². The summed E-state index contributed by atoms with van der Waals surface area (Å²) in [5, 5.41) is 8.41. The summed E-state index contributed by atoms with van der Waals surface area (Å²) in [5.41, 5.74) is 0. The van der Waals surface area contributed by atoms with Crippen LogP contribution in [-0.4, -0.2) is 32.2 Å². The van der Waals surface area contributed by atoms with E-state index in [-0.39, 0.29) is 21.1 Å². The van der Waals surface area contributed by atoms with E-state index in [1.807, 2.05) is 0 Å². The number of unbranched alkanes of at least 4 members (excludes halogenated alkanes) is 18. The molecule has 2 radical (unpaired) electrons. The second-order valence-corrected chi connectivity index (χ2v) is 13.5. The van der Waals surface area contributed by atoms with Crippen molar-refractivity contribution < 1.29 is 9.90 Å². The molecule has 3 heteroatoms. The molecule has 0 saturated heterocycles. The predicted octanol–water partition coefficient (Wildman–Crippen LogP) is 10.2. The molecular weight excluding hydrogens is 487 g/mol.